The number of carbonyl (C=O) groups is 19. The zero-order chi connectivity index (χ0) is 85.3. The summed E-state index contributed by atoms with van der Waals surface area (Å²) in [4.78, 5) is 264. The Bertz CT molecular complexity index is 3740. The predicted molar refractivity (Wildman–Crippen MR) is 395 cm³/mol. The maximum absolute atomic E-state index is 14.9. The third-order valence-corrected chi connectivity index (χ3v) is 18.0. The molecule has 0 saturated carbocycles. The van der Waals surface area contributed by atoms with Crippen molar-refractivity contribution in [2.24, 2.45) is 29.2 Å². The molecular formula is C71H108N16O26. The molecule has 42 heteroatoms. The van der Waals surface area contributed by atoms with Gasteiger partial charge >= 0.3 is 29.8 Å². The Kier molecular flexibility index (Phi) is 39.9. The number of carbonyl (C=O) groups excluding carboxylic acids is 15. The number of aromatic amines is 1. The van der Waals surface area contributed by atoms with Gasteiger partial charge in [0.1, 0.15) is 72.6 Å². The molecule has 3 rings (SSSR count). The summed E-state index contributed by atoms with van der Waals surface area (Å²) in [6.07, 6.45) is -5.61. The number of nitrogens with one attached hydrogen (secondary N) is 13. The van der Waals surface area contributed by atoms with E-state index in [1.54, 1.807) is 30.5 Å². The fourth-order valence-electron chi connectivity index (χ4n) is 11.7. The number of hydrogen-bond acceptors (Lipinski definition) is 23. The van der Waals surface area contributed by atoms with Crippen molar-refractivity contribution in [3.63, 3.8) is 0 Å². The number of likely N-dealkylation sites (N-methyl/N-ethyl adjacent to an activating group) is 1. The Balaban J connectivity index is 2.24. The van der Waals surface area contributed by atoms with Gasteiger partial charge in [0, 0.05) is 50.5 Å². The van der Waals surface area contributed by atoms with E-state index >= 15 is 0 Å². The quantitative estimate of drug-likeness (QED) is 0.0230. The number of H-pyrrole nitrogens is 1. The molecular weight excluding hydrogens is 1490 g/mol. The number of aliphatic hydroxyl groups is 1. The number of rotatable bonds is 34. The van der Waals surface area contributed by atoms with Crippen LogP contribution in [-0.4, -0.2) is 267 Å². The number of ether oxygens (including phenoxy) is 2. The molecule has 15 unspecified atom stereocenters. The number of primary amides is 1. The predicted octanol–water partition coefficient (Wildman–Crippen LogP) is -5.22. The molecule has 0 bridgehead atoms. The van der Waals surface area contributed by atoms with E-state index < -0.39 is 248 Å². The lowest BCUT2D eigenvalue weighted by molar-refractivity contribution is -0.159. The van der Waals surface area contributed by atoms with Gasteiger partial charge in [0.2, 0.25) is 82.7 Å². The smallest absolute Gasteiger partial charge is 0.335 e. The zero-order valence-corrected chi connectivity index (χ0v) is 64.6. The van der Waals surface area contributed by atoms with E-state index in [1.165, 1.54) is 20.8 Å². The lowest BCUT2D eigenvalue weighted by atomic mass is 9.95. The maximum atomic E-state index is 14.9. The standard InChI is InChI=1S/C71H108N16O26/c1-33(2)19-13-11-12-14-23-46(88)78-44(28-39-30-74-41-21-16-15-20-40(39)41)64(103)80-43(24-25-49(91)92)63(102)85-55(57(97)59(73)98)68(107)84-54-38(8)113-71(111)52(34(3)4)82-67(106)53(35(5)27-50(93)94)83-61(100)37(7)76-47(89)31-75-66(105)56(58(112-10)70(109)110)86-62(101)42(22-17-18-26-72)79-65(104)45(29-51(95)96)81-60(99)36(6)77-48(90)32-87(9)69(54)108/h15-16,20-21,30,33-38,42-45,52-58,74,97H,11-14,17-19,22-29,31-32,72H2,1-10H3,(H2,73,98)(H,75,105)(H,76,89)(H,77,90)(H,78,88)(H,79,104)(H,80,103)(H,81,99)(H,82,106)(H,83,100)(H,84,107)(H,85,102)(H,86,101)(H,91,92)(H,93,94)(H,95,96)(H,109,110). The van der Waals surface area contributed by atoms with E-state index in [9.17, 15) is 117 Å². The van der Waals surface area contributed by atoms with Crippen LogP contribution in [0.15, 0.2) is 30.5 Å². The summed E-state index contributed by atoms with van der Waals surface area (Å²) in [5.41, 5.74) is 12.3. The summed E-state index contributed by atoms with van der Waals surface area (Å²) in [5.74, 6) is -28.1. The monoisotopic (exact) mass is 1600 g/mol. The summed E-state index contributed by atoms with van der Waals surface area (Å²) in [6.45, 7) is 8.96. The van der Waals surface area contributed by atoms with Crippen molar-refractivity contribution in [3.8, 4) is 0 Å². The SMILES string of the molecule is COC(C(=O)O)C1NC(=O)C(CCCCN)NC(=O)C(CC(=O)O)NC(=O)C(C)NC(=O)CN(C)C(=O)C(NC(=O)C(NC(=O)C(CCC(=O)O)NC(=O)C(Cc2c[nH]c3ccccc23)NC(=O)CCCCCCC(C)C)C(O)C(N)=O)C(C)OC(=O)C(C(C)C)NC(=O)C(C(C)CC(=O)O)NC(=O)C(C)NC(=O)CNC1=O. The average molecular weight is 1600 g/mol. The van der Waals surface area contributed by atoms with Gasteiger partial charge in [-0.25, -0.2) is 9.59 Å². The molecule has 0 radical (unpaired) electrons. The normalized spacial score (nSPS) is 22.2. The molecule has 0 aliphatic carbocycles. The van der Waals surface area contributed by atoms with Crippen LogP contribution in [0.25, 0.3) is 10.9 Å². The summed E-state index contributed by atoms with van der Waals surface area (Å²) in [6, 6.07) is -14.8. The minimum absolute atomic E-state index is 0.0174. The molecule has 1 aromatic carbocycles. The fraction of sp³-hybridized carbons (Fsp3) is 0.620. The molecule has 628 valence electrons. The van der Waals surface area contributed by atoms with Crippen molar-refractivity contribution in [1.82, 2.24) is 73.7 Å². The first kappa shape index (κ1) is 95.8. The second kappa shape index (κ2) is 47.1. The highest BCUT2D eigenvalue weighted by Gasteiger charge is 2.44. The number of carboxylic acid groups (broad SMARTS) is 4. The number of methoxy groups -OCH3 is 1. The minimum Gasteiger partial charge on any atom is -0.481 e. The minimum atomic E-state index is -2.78. The van der Waals surface area contributed by atoms with Gasteiger partial charge in [0.25, 0.3) is 0 Å². The van der Waals surface area contributed by atoms with Crippen LogP contribution in [0.2, 0.25) is 0 Å². The van der Waals surface area contributed by atoms with Gasteiger partial charge in [0.05, 0.1) is 25.9 Å². The van der Waals surface area contributed by atoms with Gasteiger partial charge in [0.15, 0.2) is 12.2 Å². The van der Waals surface area contributed by atoms with E-state index in [4.69, 9.17) is 20.9 Å². The van der Waals surface area contributed by atoms with Crippen LogP contribution in [0, 0.1) is 17.8 Å². The Labute approximate surface area is 650 Å². The lowest BCUT2D eigenvalue weighted by Gasteiger charge is -2.32. The highest BCUT2D eigenvalue weighted by molar-refractivity contribution is 6.02. The van der Waals surface area contributed by atoms with Crippen LogP contribution < -0.4 is 75.3 Å². The third-order valence-electron chi connectivity index (χ3n) is 18.0. The number of hydrogen-bond donors (Lipinski definition) is 20. The Morgan fingerprint density at radius 1 is 0.628 bits per heavy atom. The van der Waals surface area contributed by atoms with Crippen molar-refractivity contribution >= 4 is 123 Å². The fourth-order valence-corrected chi connectivity index (χ4v) is 11.7. The number of nitrogens with zero attached hydrogens (tertiary/aromatic N) is 1. The number of fused-ring (bicyclic) bond motifs is 1. The summed E-state index contributed by atoms with van der Waals surface area (Å²) in [7, 11) is 1.75. The van der Waals surface area contributed by atoms with Crippen LogP contribution in [0.1, 0.15) is 144 Å². The van der Waals surface area contributed by atoms with Gasteiger partial charge in [-0.3, -0.25) is 81.5 Å². The number of aliphatic hydroxyl groups excluding tert-OH is 1. The average Bonchev–Trinajstić information content (AvgIpc) is 1.81. The molecule has 113 heavy (non-hydrogen) atoms. The highest BCUT2D eigenvalue weighted by Crippen LogP contribution is 2.21. The molecule has 15 atom stereocenters. The molecule has 22 N–H and O–H groups in total. The summed E-state index contributed by atoms with van der Waals surface area (Å²) in [5, 5.41) is 78.5. The molecule has 2 heterocycles. The van der Waals surface area contributed by atoms with E-state index in [1.807, 2.05) is 0 Å². The number of carboxylic acids is 4. The van der Waals surface area contributed by atoms with E-state index in [0.29, 0.717) is 40.1 Å². The first-order valence-electron chi connectivity index (χ1n) is 36.7. The Morgan fingerprint density at radius 2 is 1.22 bits per heavy atom. The first-order valence-corrected chi connectivity index (χ1v) is 36.7. The second-order valence-electron chi connectivity index (χ2n) is 28.3. The maximum Gasteiger partial charge on any atom is 0.335 e. The van der Waals surface area contributed by atoms with E-state index in [2.05, 4.69) is 82.6 Å². The zero-order valence-electron chi connectivity index (χ0n) is 64.6. The largest absolute Gasteiger partial charge is 0.481 e. The molecule has 2 aromatic rings. The molecule has 42 nitrogen and oxygen atoms in total. The molecule has 1 saturated heterocycles. The summed E-state index contributed by atoms with van der Waals surface area (Å²) >= 11 is 0. The van der Waals surface area contributed by atoms with Gasteiger partial charge < -0.3 is 120 Å². The lowest BCUT2D eigenvalue weighted by Crippen LogP contribution is -2.64. The van der Waals surface area contributed by atoms with Crippen LogP contribution in [-0.2, 0) is 107 Å². The third kappa shape index (κ3) is 32.1. The Hall–Kier alpha value is -11.4. The van der Waals surface area contributed by atoms with Crippen molar-refractivity contribution in [3.05, 3.63) is 36.0 Å². The van der Waals surface area contributed by atoms with Crippen molar-refractivity contribution in [2.75, 3.05) is 33.8 Å². The molecule has 0 spiro atoms. The number of nitrogens with two attached hydrogens (primary N) is 2. The molecule has 1 fully saturated rings. The van der Waals surface area contributed by atoms with Crippen LogP contribution >= 0.6 is 0 Å². The molecule has 1 aliphatic rings. The summed E-state index contributed by atoms with van der Waals surface area (Å²) < 4.78 is 10.7. The molecule has 1 aliphatic heterocycles. The van der Waals surface area contributed by atoms with Gasteiger partial charge in [-0.05, 0) is 88.8 Å². The van der Waals surface area contributed by atoms with Crippen LogP contribution in [0.3, 0.4) is 0 Å². The second-order valence-corrected chi connectivity index (χ2v) is 28.3. The number of amides is 14. The number of esters is 1. The molecule has 14 amide bonds. The molecule has 1 aromatic heterocycles. The number of cyclic esters (lactones) is 1. The van der Waals surface area contributed by atoms with Crippen LogP contribution in [0.5, 0.6) is 0 Å². The Morgan fingerprint density at radius 3 is 1.81 bits per heavy atom. The van der Waals surface area contributed by atoms with Crippen molar-refractivity contribution in [2.45, 2.75) is 230 Å². The van der Waals surface area contributed by atoms with Crippen LogP contribution in [0.4, 0.5) is 0 Å². The van der Waals surface area contributed by atoms with Crippen molar-refractivity contribution < 1.29 is 126 Å². The van der Waals surface area contributed by atoms with Gasteiger partial charge in [-0.2, -0.15) is 0 Å². The number of aromatic nitrogens is 1. The van der Waals surface area contributed by atoms with Gasteiger partial charge in [-0.15, -0.1) is 0 Å². The number of benzene rings is 1. The van der Waals surface area contributed by atoms with Gasteiger partial charge in [-0.1, -0.05) is 78.5 Å². The number of para-hydroxylation sites is 1. The highest BCUT2D eigenvalue weighted by atomic mass is 16.5. The number of unbranched alkanes of at least 4 members (excludes halogenated alkanes) is 4. The van der Waals surface area contributed by atoms with Crippen molar-refractivity contribution in [1.29, 1.82) is 0 Å². The topological polar surface area (TPSA) is 659 Å². The van der Waals surface area contributed by atoms with E-state index in [-0.39, 0.29) is 38.6 Å². The number of aliphatic carboxylic acids is 4. The first-order chi connectivity index (χ1) is 53.0. The van der Waals surface area contributed by atoms with E-state index in [0.717, 1.165) is 54.2 Å².